The molecule has 1 aromatic carbocycles. The lowest BCUT2D eigenvalue weighted by Crippen LogP contribution is -2.28. The summed E-state index contributed by atoms with van der Waals surface area (Å²) < 4.78 is 25.3. The van der Waals surface area contributed by atoms with Crippen molar-refractivity contribution >= 4 is 16.0 Å². The zero-order chi connectivity index (χ0) is 13.9. The summed E-state index contributed by atoms with van der Waals surface area (Å²) in [5.41, 5.74) is 0.778. The van der Waals surface area contributed by atoms with Crippen molar-refractivity contribution in [3.63, 3.8) is 0 Å². The molecule has 0 amide bonds. The number of carbonyl (C=O) groups is 1. The molecule has 0 saturated heterocycles. The van der Waals surface area contributed by atoms with Crippen LogP contribution in [0.25, 0.3) is 0 Å². The highest BCUT2D eigenvalue weighted by molar-refractivity contribution is 7.89. The highest BCUT2D eigenvalue weighted by Crippen LogP contribution is 2.16. The van der Waals surface area contributed by atoms with E-state index in [0.29, 0.717) is 0 Å². The van der Waals surface area contributed by atoms with Crippen LogP contribution in [-0.2, 0) is 10.0 Å². The third kappa shape index (κ3) is 3.18. The number of likely N-dealkylation sites (N-methyl/N-ethyl adjacent to an activating group) is 1. The normalized spacial score (nSPS) is 11.5. The molecule has 1 aromatic rings. The molecule has 5 nitrogen and oxygen atoms in total. The van der Waals surface area contributed by atoms with Crippen LogP contribution in [0, 0.1) is 0 Å². The van der Waals surface area contributed by atoms with Crippen molar-refractivity contribution in [2.45, 2.75) is 11.8 Å². The van der Waals surface area contributed by atoms with Gasteiger partial charge in [-0.05, 0) is 31.2 Å². The van der Waals surface area contributed by atoms with Crippen LogP contribution in [0.4, 0.5) is 0 Å². The Morgan fingerprint density at radius 3 is 2.22 bits per heavy atom. The Morgan fingerprint density at radius 2 is 1.83 bits per heavy atom. The summed E-state index contributed by atoms with van der Waals surface area (Å²) in [5, 5.41) is 8.74. The van der Waals surface area contributed by atoms with Gasteiger partial charge in [0.15, 0.2) is 0 Å². The molecule has 18 heavy (non-hydrogen) atoms. The van der Waals surface area contributed by atoms with Crippen LogP contribution in [-0.4, -0.2) is 37.4 Å². The Kier molecular flexibility index (Phi) is 4.26. The predicted molar refractivity (Wildman–Crippen MR) is 68.0 cm³/mol. The highest BCUT2D eigenvalue weighted by atomic mass is 32.2. The lowest BCUT2D eigenvalue weighted by molar-refractivity contribution is 0.0696. The molecule has 1 N–H and O–H groups in total. The van der Waals surface area contributed by atoms with Gasteiger partial charge in [-0.15, -0.1) is 0 Å². The van der Waals surface area contributed by atoms with E-state index < -0.39 is 16.0 Å². The van der Waals surface area contributed by atoms with E-state index in [2.05, 4.69) is 6.58 Å². The maximum absolute atomic E-state index is 12.1. The fourth-order valence-electron chi connectivity index (χ4n) is 1.41. The van der Waals surface area contributed by atoms with Crippen LogP contribution < -0.4 is 0 Å². The number of hydrogen-bond donors (Lipinski definition) is 1. The summed E-state index contributed by atoms with van der Waals surface area (Å²) in [4.78, 5) is 10.7. The van der Waals surface area contributed by atoms with Crippen LogP contribution in [0.5, 0.6) is 0 Å². The molecular formula is C12H15NO4S. The number of carboxylic acids is 1. The third-order valence-electron chi connectivity index (χ3n) is 2.30. The molecule has 0 aliphatic heterocycles. The quantitative estimate of drug-likeness (QED) is 0.823. The molecule has 0 aliphatic rings. The number of benzene rings is 1. The molecule has 1 rings (SSSR count). The van der Waals surface area contributed by atoms with Gasteiger partial charge in [0, 0.05) is 13.6 Å². The van der Waals surface area contributed by atoms with E-state index in [-0.39, 0.29) is 17.0 Å². The molecule has 0 unspecified atom stereocenters. The molecule has 98 valence electrons. The van der Waals surface area contributed by atoms with Crippen LogP contribution in [0.2, 0.25) is 0 Å². The molecule has 0 aromatic heterocycles. The Morgan fingerprint density at radius 1 is 1.33 bits per heavy atom. The zero-order valence-corrected chi connectivity index (χ0v) is 11.1. The Hall–Kier alpha value is -1.66. The van der Waals surface area contributed by atoms with Gasteiger partial charge in [0.25, 0.3) is 0 Å². The Labute approximate surface area is 106 Å². The number of carboxylic acid groups (broad SMARTS) is 1. The average Bonchev–Trinajstić information content (AvgIpc) is 2.28. The van der Waals surface area contributed by atoms with E-state index in [4.69, 9.17) is 5.11 Å². The second-order valence-corrected chi connectivity index (χ2v) is 6.09. The largest absolute Gasteiger partial charge is 0.478 e. The molecule has 6 heteroatoms. The van der Waals surface area contributed by atoms with Gasteiger partial charge >= 0.3 is 5.97 Å². The van der Waals surface area contributed by atoms with Gasteiger partial charge in [-0.1, -0.05) is 12.2 Å². The summed E-state index contributed by atoms with van der Waals surface area (Å²) in [7, 11) is -2.14. The minimum Gasteiger partial charge on any atom is -0.478 e. The maximum atomic E-state index is 12.1. The molecule has 0 fully saturated rings. The fraction of sp³-hybridized carbons (Fsp3) is 0.250. The monoisotopic (exact) mass is 269 g/mol. The summed E-state index contributed by atoms with van der Waals surface area (Å²) >= 11 is 0. The summed E-state index contributed by atoms with van der Waals surface area (Å²) in [6, 6.07) is 5.11. The first-order valence-corrected chi connectivity index (χ1v) is 6.63. The van der Waals surface area contributed by atoms with Crippen LogP contribution >= 0.6 is 0 Å². The lowest BCUT2D eigenvalue weighted by atomic mass is 10.2. The molecule has 0 spiro atoms. The first-order chi connectivity index (χ1) is 8.25. The van der Waals surface area contributed by atoms with Crippen LogP contribution in [0.3, 0.4) is 0 Å². The van der Waals surface area contributed by atoms with Crippen molar-refractivity contribution in [1.82, 2.24) is 4.31 Å². The molecule has 0 radical (unpaired) electrons. The Balaban J connectivity index is 3.05. The number of sulfonamides is 1. The van der Waals surface area contributed by atoms with Crippen molar-refractivity contribution in [2.75, 3.05) is 13.6 Å². The second kappa shape index (κ2) is 5.32. The maximum Gasteiger partial charge on any atom is 0.335 e. The van der Waals surface area contributed by atoms with Crippen molar-refractivity contribution in [2.24, 2.45) is 0 Å². The standard InChI is InChI=1S/C12H15NO4S/c1-9(2)8-13(3)18(16,17)11-6-4-10(5-7-11)12(14)15/h4-7H,1,8H2,2-3H3,(H,14,15). The number of aromatic carboxylic acids is 1. The molecule has 0 atom stereocenters. The third-order valence-corrected chi connectivity index (χ3v) is 4.12. The van der Waals surface area contributed by atoms with Gasteiger partial charge in [0.2, 0.25) is 10.0 Å². The van der Waals surface area contributed by atoms with Crippen molar-refractivity contribution in [3.05, 3.63) is 42.0 Å². The minimum atomic E-state index is -3.60. The van der Waals surface area contributed by atoms with Crippen molar-refractivity contribution < 1.29 is 18.3 Å². The van der Waals surface area contributed by atoms with Gasteiger partial charge in [-0.25, -0.2) is 13.2 Å². The van der Waals surface area contributed by atoms with E-state index in [1.807, 2.05) is 0 Å². The van der Waals surface area contributed by atoms with Crippen LogP contribution in [0.1, 0.15) is 17.3 Å². The number of hydrogen-bond acceptors (Lipinski definition) is 3. The predicted octanol–water partition coefficient (Wildman–Crippen LogP) is 1.58. The SMILES string of the molecule is C=C(C)CN(C)S(=O)(=O)c1ccc(C(=O)O)cc1. The summed E-state index contributed by atoms with van der Waals surface area (Å²) in [6.07, 6.45) is 0. The van der Waals surface area contributed by atoms with Gasteiger partial charge in [-0.2, -0.15) is 4.31 Å². The van der Waals surface area contributed by atoms with Gasteiger partial charge in [0.1, 0.15) is 0 Å². The fourth-order valence-corrected chi connectivity index (χ4v) is 2.64. The Bertz CT molecular complexity index is 560. The minimum absolute atomic E-state index is 0.0523. The van der Waals surface area contributed by atoms with Crippen molar-refractivity contribution in [3.8, 4) is 0 Å². The van der Waals surface area contributed by atoms with Crippen molar-refractivity contribution in [1.29, 1.82) is 0 Å². The highest BCUT2D eigenvalue weighted by Gasteiger charge is 2.20. The van der Waals surface area contributed by atoms with E-state index in [0.717, 1.165) is 5.57 Å². The van der Waals surface area contributed by atoms with Crippen LogP contribution in [0.15, 0.2) is 41.3 Å². The topological polar surface area (TPSA) is 74.7 Å². The van der Waals surface area contributed by atoms with Gasteiger partial charge in [0.05, 0.1) is 10.5 Å². The number of rotatable bonds is 5. The second-order valence-electron chi connectivity index (χ2n) is 4.05. The van der Waals surface area contributed by atoms with Gasteiger partial charge < -0.3 is 5.11 Å². The summed E-state index contributed by atoms with van der Waals surface area (Å²) in [6.45, 7) is 5.62. The first kappa shape index (κ1) is 14.4. The smallest absolute Gasteiger partial charge is 0.335 e. The average molecular weight is 269 g/mol. The molecule has 0 bridgehead atoms. The number of nitrogens with zero attached hydrogens (tertiary/aromatic N) is 1. The lowest BCUT2D eigenvalue weighted by Gasteiger charge is -2.17. The molecule has 0 aliphatic carbocycles. The molecule has 0 heterocycles. The molecular weight excluding hydrogens is 254 g/mol. The molecule has 0 saturated carbocycles. The van der Waals surface area contributed by atoms with E-state index in [1.165, 1.54) is 35.6 Å². The van der Waals surface area contributed by atoms with Gasteiger partial charge in [-0.3, -0.25) is 0 Å². The zero-order valence-electron chi connectivity index (χ0n) is 10.3. The van der Waals surface area contributed by atoms with E-state index in [1.54, 1.807) is 6.92 Å². The summed E-state index contributed by atoms with van der Waals surface area (Å²) in [5.74, 6) is -1.09. The van der Waals surface area contributed by atoms with E-state index in [9.17, 15) is 13.2 Å². The van der Waals surface area contributed by atoms with E-state index >= 15 is 0 Å². The first-order valence-electron chi connectivity index (χ1n) is 5.19.